The molecule has 2 heterocycles. The molecule has 3 aromatic rings. The van der Waals surface area contributed by atoms with Crippen LogP contribution in [0.1, 0.15) is 11.8 Å². The van der Waals surface area contributed by atoms with Gasteiger partial charge in [-0.05, 0) is 32.0 Å². The van der Waals surface area contributed by atoms with Crippen LogP contribution in [-0.2, 0) is 0 Å². The van der Waals surface area contributed by atoms with E-state index in [1.807, 2.05) is 18.2 Å². The van der Waals surface area contributed by atoms with E-state index in [0.717, 1.165) is 28.3 Å². The van der Waals surface area contributed by atoms with Crippen molar-refractivity contribution in [2.75, 3.05) is 16.9 Å². The fourth-order valence-electron chi connectivity index (χ4n) is 2.36. The lowest BCUT2D eigenvalue weighted by Gasteiger charge is -2.23. The van der Waals surface area contributed by atoms with E-state index in [1.54, 1.807) is 11.3 Å². The predicted molar refractivity (Wildman–Crippen MR) is 89.1 cm³/mol. The number of thiophene rings is 1. The number of hydrazine groups is 1. The second kappa shape index (κ2) is 5.67. The summed E-state index contributed by atoms with van der Waals surface area (Å²) in [5, 5.41) is 1.06. The number of fused-ring (bicyclic) bond motifs is 1. The number of nitrogens with zero attached hydrogens (tertiary/aromatic N) is 3. The lowest BCUT2D eigenvalue weighted by atomic mass is 10.2. The van der Waals surface area contributed by atoms with Crippen molar-refractivity contribution >= 4 is 39.0 Å². The highest BCUT2D eigenvalue weighted by Gasteiger charge is 2.16. The maximum absolute atomic E-state index is 5.51. The third-order valence-corrected chi connectivity index (χ3v) is 4.21. The smallest absolute Gasteiger partial charge is 0.240 e. The van der Waals surface area contributed by atoms with Gasteiger partial charge in [0.05, 0.1) is 5.39 Å². The Morgan fingerprint density at radius 2 is 2.00 bits per heavy atom. The van der Waals surface area contributed by atoms with Gasteiger partial charge in [-0.15, -0.1) is 11.3 Å². The standard InChI is InChI=1S/C15H17N5S/c1-3-20(11-7-5-4-6-8-11)13-12-9-10(2)21-14(12)18-15(17-13)19-16/h4-9H,3,16H2,1-2H3,(H,17,18,19). The summed E-state index contributed by atoms with van der Waals surface area (Å²) in [6.45, 7) is 5.00. The van der Waals surface area contributed by atoms with Crippen LogP contribution in [0.4, 0.5) is 17.5 Å². The van der Waals surface area contributed by atoms with Gasteiger partial charge in [0, 0.05) is 17.1 Å². The van der Waals surface area contributed by atoms with Gasteiger partial charge in [0.2, 0.25) is 5.95 Å². The van der Waals surface area contributed by atoms with E-state index in [2.05, 4.69) is 52.3 Å². The normalized spacial score (nSPS) is 10.8. The second-order valence-electron chi connectivity index (χ2n) is 4.67. The molecule has 0 atom stereocenters. The highest BCUT2D eigenvalue weighted by atomic mass is 32.1. The topological polar surface area (TPSA) is 67.1 Å². The molecule has 6 heteroatoms. The highest BCUT2D eigenvalue weighted by molar-refractivity contribution is 7.18. The van der Waals surface area contributed by atoms with Gasteiger partial charge in [0.15, 0.2) is 0 Å². The van der Waals surface area contributed by atoms with Gasteiger partial charge >= 0.3 is 0 Å². The largest absolute Gasteiger partial charge is 0.326 e. The molecular formula is C15H17N5S. The quantitative estimate of drug-likeness (QED) is 0.570. The zero-order valence-corrected chi connectivity index (χ0v) is 12.8. The van der Waals surface area contributed by atoms with Gasteiger partial charge in [-0.25, -0.2) is 10.8 Å². The molecule has 0 saturated carbocycles. The number of benzene rings is 1. The van der Waals surface area contributed by atoms with Crippen LogP contribution >= 0.6 is 11.3 Å². The van der Waals surface area contributed by atoms with Gasteiger partial charge in [-0.3, -0.25) is 5.43 Å². The summed E-state index contributed by atoms with van der Waals surface area (Å²) in [7, 11) is 0. The zero-order chi connectivity index (χ0) is 14.8. The molecule has 3 N–H and O–H groups in total. The molecule has 2 aromatic heterocycles. The van der Waals surface area contributed by atoms with Crippen molar-refractivity contribution < 1.29 is 0 Å². The zero-order valence-electron chi connectivity index (χ0n) is 12.0. The van der Waals surface area contributed by atoms with Crippen molar-refractivity contribution in [3.63, 3.8) is 0 Å². The van der Waals surface area contributed by atoms with Gasteiger partial charge in [0.25, 0.3) is 0 Å². The molecule has 0 unspecified atom stereocenters. The predicted octanol–water partition coefficient (Wildman–Crippen LogP) is 3.44. The first-order valence-electron chi connectivity index (χ1n) is 6.80. The Labute approximate surface area is 127 Å². The fourth-order valence-corrected chi connectivity index (χ4v) is 3.23. The average molecular weight is 299 g/mol. The van der Waals surface area contributed by atoms with Crippen molar-refractivity contribution in [2.24, 2.45) is 5.84 Å². The molecule has 3 rings (SSSR count). The van der Waals surface area contributed by atoms with Crippen LogP contribution in [0.2, 0.25) is 0 Å². The lowest BCUT2D eigenvalue weighted by Crippen LogP contribution is -2.19. The van der Waals surface area contributed by atoms with Crippen LogP contribution in [0.3, 0.4) is 0 Å². The molecule has 0 spiro atoms. The van der Waals surface area contributed by atoms with Gasteiger partial charge < -0.3 is 4.90 Å². The Balaban J connectivity index is 2.21. The molecule has 0 bridgehead atoms. The second-order valence-corrected chi connectivity index (χ2v) is 5.91. The van der Waals surface area contributed by atoms with Crippen molar-refractivity contribution in [3.05, 3.63) is 41.3 Å². The fraction of sp³-hybridized carbons (Fsp3) is 0.200. The monoisotopic (exact) mass is 299 g/mol. The van der Waals surface area contributed by atoms with E-state index in [1.165, 1.54) is 4.88 Å². The van der Waals surface area contributed by atoms with Crippen LogP contribution in [0.5, 0.6) is 0 Å². The maximum atomic E-state index is 5.51. The summed E-state index contributed by atoms with van der Waals surface area (Å²) >= 11 is 1.65. The molecule has 0 saturated heterocycles. The van der Waals surface area contributed by atoms with E-state index >= 15 is 0 Å². The van der Waals surface area contributed by atoms with E-state index in [4.69, 9.17) is 5.84 Å². The average Bonchev–Trinajstić information content (AvgIpc) is 2.89. The maximum Gasteiger partial charge on any atom is 0.240 e. The SMILES string of the molecule is CCN(c1ccccc1)c1nc(NN)nc2sc(C)cc12. The first kappa shape index (κ1) is 13.8. The summed E-state index contributed by atoms with van der Waals surface area (Å²) in [6.07, 6.45) is 0. The van der Waals surface area contributed by atoms with Crippen molar-refractivity contribution in [1.82, 2.24) is 9.97 Å². The number of aryl methyl sites for hydroxylation is 1. The number of nitrogen functional groups attached to an aromatic ring is 1. The van der Waals surface area contributed by atoms with Gasteiger partial charge in [-0.1, -0.05) is 18.2 Å². The minimum absolute atomic E-state index is 0.439. The number of rotatable bonds is 4. The molecule has 108 valence electrons. The number of hydrogen-bond acceptors (Lipinski definition) is 6. The molecule has 0 radical (unpaired) electrons. The van der Waals surface area contributed by atoms with Crippen LogP contribution in [-0.4, -0.2) is 16.5 Å². The molecule has 21 heavy (non-hydrogen) atoms. The Bertz CT molecular complexity index is 753. The summed E-state index contributed by atoms with van der Waals surface area (Å²) in [4.78, 5) is 13.3. The third kappa shape index (κ3) is 2.55. The van der Waals surface area contributed by atoms with Crippen molar-refractivity contribution in [3.8, 4) is 0 Å². The van der Waals surface area contributed by atoms with Crippen molar-refractivity contribution in [1.29, 1.82) is 0 Å². The van der Waals surface area contributed by atoms with E-state index in [9.17, 15) is 0 Å². The lowest BCUT2D eigenvalue weighted by molar-refractivity contribution is 0.989. The summed E-state index contributed by atoms with van der Waals surface area (Å²) in [5.74, 6) is 6.83. The van der Waals surface area contributed by atoms with Gasteiger partial charge in [-0.2, -0.15) is 4.98 Å². The number of hydrogen-bond donors (Lipinski definition) is 2. The van der Waals surface area contributed by atoms with Crippen LogP contribution in [0, 0.1) is 6.92 Å². The summed E-state index contributed by atoms with van der Waals surface area (Å²) in [6, 6.07) is 12.3. The number of para-hydroxylation sites is 1. The molecule has 1 aromatic carbocycles. The van der Waals surface area contributed by atoms with E-state index in [-0.39, 0.29) is 0 Å². The minimum Gasteiger partial charge on any atom is -0.326 e. The molecule has 0 aliphatic heterocycles. The Hall–Kier alpha value is -2.18. The molecule has 0 fully saturated rings. The molecule has 5 nitrogen and oxygen atoms in total. The van der Waals surface area contributed by atoms with Crippen LogP contribution < -0.4 is 16.2 Å². The number of nitrogens with one attached hydrogen (secondary N) is 1. The van der Waals surface area contributed by atoms with E-state index in [0.29, 0.717) is 5.95 Å². The first-order valence-corrected chi connectivity index (χ1v) is 7.62. The molecule has 0 amide bonds. The Morgan fingerprint density at radius 1 is 1.24 bits per heavy atom. The minimum atomic E-state index is 0.439. The molecular weight excluding hydrogens is 282 g/mol. The summed E-state index contributed by atoms with van der Waals surface area (Å²) < 4.78 is 0. The Kier molecular flexibility index (Phi) is 3.72. The molecule has 0 aliphatic carbocycles. The van der Waals surface area contributed by atoms with E-state index < -0.39 is 0 Å². The number of nitrogens with two attached hydrogens (primary N) is 1. The number of anilines is 3. The molecule has 0 aliphatic rings. The first-order chi connectivity index (χ1) is 10.2. The van der Waals surface area contributed by atoms with Crippen molar-refractivity contribution in [2.45, 2.75) is 13.8 Å². The highest BCUT2D eigenvalue weighted by Crippen LogP contribution is 2.34. The van der Waals surface area contributed by atoms with Crippen LogP contribution in [0.25, 0.3) is 10.2 Å². The number of aromatic nitrogens is 2. The summed E-state index contributed by atoms with van der Waals surface area (Å²) in [5.41, 5.74) is 3.66. The van der Waals surface area contributed by atoms with Gasteiger partial charge in [0.1, 0.15) is 10.6 Å². The Morgan fingerprint density at radius 3 is 2.67 bits per heavy atom. The third-order valence-electron chi connectivity index (χ3n) is 3.26. The van der Waals surface area contributed by atoms with Crippen LogP contribution in [0.15, 0.2) is 36.4 Å².